The van der Waals surface area contributed by atoms with Crippen molar-refractivity contribution < 1.29 is 22.5 Å². The first-order valence-electron chi connectivity index (χ1n) is 6.89. The Morgan fingerprint density at radius 1 is 1.35 bits per heavy atom. The van der Waals surface area contributed by atoms with Crippen molar-refractivity contribution in [1.82, 2.24) is 9.88 Å². The highest BCUT2D eigenvalue weighted by Crippen LogP contribution is 2.26. The summed E-state index contributed by atoms with van der Waals surface area (Å²) in [4.78, 5) is 11.7. The minimum absolute atomic E-state index is 0.230. The Morgan fingerprint density at radius 2 is 2.22 bits per heavy atom. The molecule has 120 valence electrons. The molecule has 1 amide bonds. The van der Waals surface area contributed by atoms with Crippen LogP contribution in [0.5, 0.6) is 5.75 Å². The van der Waals surface area contributed by atoms with E-state index >= 15 is 0 Å². The van der Waals surface area contributed by atoms with E-state index in [2.05, 4.69) is 9.68 Å². The van der Waals surface area contributed by atoms with Crippen LogP contribution >= 0.6 is 0 Å². The summed E-state index contributed by atoms with van der Waals surface area (Å²) >= 11 is 0. The van der Waals surface area contributed by atoms with Crippen LogP contribution in [0.1, 0.15) is 16.8 Å². The van der Waals surface area contributed by atoms with Crippen LogP contribution in [0.3, 0.4) is 0 Å². The van der Waals surface area contributed by atoms with Gasteiger partial charge in [0.2, 0.25) is 10.0 Å². The highest BCUT2D eigenvalue weighted by Gasteiger charge is 2.16. The number of fused-ring (bicyclic) bond motifs is 1. The number of carbonyl (C=O) groups is 1. The van der Waals surface area contributed by atoms with Crippen molar-refractivity contribution in [3.05, 3.63) is 53.4 Å². The van der Waals surface area contributed by atoms with Crippen molar-refractivity contribution in [2.75, 3.05) is 6.61 Å². The van der Waals surface area contributed by atoms with E-state index in [0.717, 1.165) is 23.3 Å². The van der Waals surface area contributed by atoms with E-state index in [1.807, 2.05) is 16.9 Å². The zero-order chi connectivity index (χ0) is 16.3. The molecule has 8 heteroatoms. The van der Waals surface area contributed by atoms with Crippen LogP contribution in [0.15, 0.2) is 41.1 Å². The SMILES string of the molecule is O=C(/C=C/c1ccc2c(c1)CCO2)NS(=O)(=O)Cc1ccon1. The average molecular weight is 334 g/mol. The predicted octanol–water partition coefficient (Wildman–Crippen LogP) is 1.27. The van der Waals surface area contributed by atoms with E-state index in [4.69, 9.17) is 4.74 Å². The molecule has 1 aromatic heterocycles. The molecule has 0 saturated carbocycles. The Labute approximate surface area is 133 Å². The summed E-state index contributed by atoms with van der Waals surface area (Å²) in [5.74, 6) is -0.286. The number of benzene rings is 1. The van der Waals surface area contributed by atoms with Gasteiger partial charge in [0.05, 0.1) is 6.61 Å². The van der Waals surface area contributed by atoms with Crippen LogP contribution in [0.25, 0.3) is 6.08 Å². The highest BCUT2D eigenvalue weighted by atomic mass is 32.2. The van der Waals surface area contributed by atoms with Crippen LogP contribution in [-0.4, -0.2) is 26.1 Å². The number of rotatable bonds is 5. The highest BCUT2D eigenvalue weighted by molar-refractivity contribution is 7.89. The van der Waals surface area contributed by atoms with Gasteiger partial charge in [0, 0.05) is 18.6 Å². The Balaban J connectivity index is 1.62. The van der Waals surface area contributed by atoms with E-state index in [-0.39, 0.29) is 5.69 Å². The second kappa shape index (κ2) is 6.25. The largest absolute Gasteiger partial charge is 0.493 e. The van der Waals surface area contributed by atoms with Gasteiger partial charge in [-0.2, -0.15) is 0 Å². The van der Waals surface area contributed by atoms with Crippen LogP contribution in [0, 0.1) is 0 Å². The predicted molar refractivity (Wildman–Crippen MR) is 81.9 cm³/mol. The van der Waals surface area contributed by atoms with Gasteiger partial charge in [-0.3, -0.25) is 4.79 Å². The maximum absolute atomic E-state index is 11.8. The monoisotopic (exact) mass is 334 g/mol. The Hall–Kier alpha value is -2.61. The molecule has 0 aliphatic carbocycles. The molecule has 0 fully saturated rings. The maximum atomic E-state index is 11.8. The molecule has 7 nitrogen and oxygen atoms in total. The van der Waals surface area contributed by atoms with Crippen LogP contribution in [0.2, 0.25) is 0 Å². The van der Waals surface area contributed by atoms with Gasteiger partial charge in [-0.25, -0.2) is 13.1 Å². The minimum Gasteiger partial charge on any atom is -0.493 e. The van der Waals surface area contributed by atoms with Gasteiger partial charge in [0.1, 0.15) is 23.5 Å². The number of nitrogens with one attached hydrogen (secondary N) is 1. The van der Waals surface area contributed by atoms with Crippen molar-refractivity contribution in [3.8, 4) is 5.75 Å². The molecule has 1 aliphatic rings. The second-order valence-electron chi connectivity index (χ2n) is 5.02. The second-order valence-corrected chi connectivity index (χ2v) is 6.74. The first-order chi connectivity index (χ1) is 11.0. The van der Waals surface area contributed by atoms with E-state index in [9.17, 15) is 13.2 Å². The lowest BCUT2D eigenvalue weighted by Gasteiger charge is -2.02. The number of amides is 1. The lowest BCUT2D eigenvalue weighted by molar-refractivity contribution is -0.114. The molecule has 1 aliphatic heterocycles. The number of hydrogen-bond donors (Lipinski definition) is 1. The average Bonchev–Trinajstić information content (AvgIpc) is 3.14. The number of carbonyl (C=O) groups excluding carboxylic acids is 1. The molecule has 23 heavy (non-hydrogen) atoms. The molecule has 0 saturated heterocycles. The van der Waals surface area contributed by atoms with Crippen molar-refractivity contribution in [2.45, 2.75) is 12.2 Å². The zero-order valence-electron chi connectivity index (χ0n) is 12.1. The summed E-state index contributed by atoms with van der Waals surface area (Å²) in [6.07, 6.45) is 4.83. The Kier molecular flexibility index (Phi) is 4.16. The van der Waals surface area contributed by atoms with Gasteiger partial charge < -0.3 is 9.26 Å². The van der Waals surface area contributed by atoms with Gasteiger partial charge in [0.25, 0.3) is 5.91 Å². The first-order valence-corrected chi connectivity index (χ1v) is 8.55. The van der Waals surface area contributed by atoms with Gasteiger partial charge in [-0.1, -0.05) is 11.2 Å². The Bertz CT molecular complexity index is 841. The summed E-state index contributed by atoms with van der Waals surface area (Å²) in [7, 11) is -3.81. The summed E-state index contributed by atoms with van der Waals surface area (Å²) in [5, 5.41) is 3.50. The maximum Gasteiger partial charge on any atom is 0.257 e. The molecule has 3 rings (SSSR count). The quantitative estimate of drug-likeness (QED) is 0.827. The van der Waals surface area contributed by atoms with E-state index in [1.165, 1.54) is 18.4 Å². The fraction of sp³-hybridized carbons (Fsp3) is 0.200. The summed E-state index contributed by atoms with van der Waals surface area (Å²) in [5.41, 5.74) is 2.11. The van der Waals surface area contributed by atoms with Crippen LogP contribution in [-0.2, 0) is 27.0 Å². The molecule has 1 N–H and O–H groups in total. The van der Waals surface area contributed by atoms with Crippen molar-refractivity contribution >= 4 is 22.0 Å². The third-order valence-corrected chi connectivity index (χ3v) is 4.41. The molecule has 0 bridgehead atoms. The lowest BCUT2D eigenvalue weighted by Crippen LogP contribution is -2.30. The molecule has 0 atom stereocenters. The summed E-state index contributed by atoms with van der Waals surface area (Å²) in [6, 6.07) is 6.97. The third-order valence-electron chi connectivity index (χ3n) is 3.23. The number of aromatic nitrogens is 1. The fourth-order valence-electron chi connectivity index (χ4n) is 2.21. The molecule has 2 heterocycles. The zero-order valence-corrected chi connectivity index (χ0v) is 12.9. The first kappa shape index (κ1) is 15.3. The van der Waals surface area contributed by atoms with Crippen molar-refractivity contribution in [3.63, 3.8) is 0 Å². The molecular formula is C15H14N2O5S. The van der Waals surface area contributed by atoms with Crippen LogP contribution < -0.4 is 9.46 Å². The Morgan fingerprint density at radius 3 is 3.00 bits per heavy atom. The minimum atomic E-state index is -3.81. The molecule has 0 radical (unpaired) electrons. The molecule has 1 aromatic carbocycles. The smallest absolute Gasteiger partial charge is 0.257 e. The van der Waals surface area contributed by atoms with Gasteiger partial charge >= 0.3 is 0 Å². The van der Waals surface area contributed by atoms with E-state index in [1.54, 1.807) is 12.1 Å². The van der Waals surface area contributed by atoms with E-state index in [0.29, 0.717) is 6.61 Å². The number of ether oxygens (including phenoxy) is 1. The summed E-state index contributed by atoms with van der Waals surface area (Å²) in [6.45, 7) is 0.656. The lowest BCUT2D eigenvalue weighted by atomic mass is 10.1. The molecule has 2 aromatic rings. The third kappa shape index (κ3) is 3.98. The van der Waals surface area contributed by atoms with Gasteiger partial charge in [-0.15, -0.1) is 0 Å². The normalized spacial score (nSPS) is 13.7. The fourth-order valence-corrected chi connectivity index (χ4v) is 3.20. The number of hydrogen-bond acceptors (Lipinski definition) is 6. The summed E-state index contributed by atoms with van der Waals surface area (Å²) < 4.78 is 35.5. The van der Waals surface area contributed by atoms with Gasteiger partial charge in [0.15, 0.2) is 0 Å². The van der Waals surface area contributed by atoms with Crippen molar-refractivity contribution in [1.29, 1.82) is 0 Å². The van der Waals surface area contributed by atoms with E-state index < -0.39 is 21.7 Å². The van der Waals surface area contributed by atoms with Crippen molar-refractivity contribution in [2.24, 2.45) is 0 Å². The number of sulfonamides is 1. The van der Waals surface area contributed by atoms with Gasteiger partial charge in [-0.05, 0) is 29.3 Å². The molecular weight excluding hydrogens is 320 g/mol. The standard InChI is InChI=1S/C15H14N2O5S/c18-15(17-23(19,20)10-13-6-8-22-16-13)4-2-11-1-3-14-12(9-11)5-7-21-14/h1-4,6,8-9H,5,7,10H2,(H,17,18)/b4-2+. The van der Waals surface area contributed by atoms with Crippen LogP contribution in [0.4, 0.5) is 0 Å². The molecule has 0 unspecified atom stereocenters. The topological polar surface area (TPSA) is 98.5 Å². The molecule has 0 spiro atoms. The number of nitrogens with zero attached hydrogens (tertiary/aromatic N) is 1.